The highest BCUT2D eigenvalue weighted by Crippen LogP contribution is 2.45. The normalized spacial score (nSPS) is 46.7. The summed E-state index contributed by atoms with van der Waals surface area (Å²) in [7, 11) is 0. The minimum Gasteiger partial charge on any atom is -0.376 e. The van der Waals surface area contributed by atoms with Crippen molar-refractivity contribution >= 4 is 5.78 Å². The van der Waals surface area contributed by atoms with Gasteiger partial charge < -0.3 is 4.74 Å². The number of ether oxygens (including phenoxy) is 1. The van der Waals surface area contributed by atoms with E-state index in [0.717, 1.165) is 25.4 Å². The lowest BCUT2D eigenvalue weighted by Gasteiger charge is -2.40. The van der Waals surface area contributed by atoms with E-state index in [2.05, 4.69) is 4.90 Å². The van der Waals surface area contributed by atoms with Gasteiger partial charge in [-0.2, -0.15) is 0 Å². The van der Waals surface area contributed by atoms with Crippen LogP contribution in [0.4, 0.5) is 0 Å². The van der Waals surface area contributed by atoms with E-state index in [9.17, 15) is 4.79 Å². The predicted molar refractivity (Wildman–Crippen MR) is 63.8 cm³/mol. The molecule has 4 aliphatic rings. The van der Waals surface area contributed by atoms with Gasteiger partial charge in [0.15, 0.2) is 0 Å². The van der Waals surface area contributed by atoms with E-state index in [1.807, 2.05) is 0 Å². The van der Waals surface area contributed by atoms with Crippen molar-refractivity contribution in [1.82, 2.24) is 4.90 Å². The maximum atomic E-state index is 11.7. The molecule has 3 heteroatoms. The predicted octanol–water partition coefficient (Wildman–Crippen LogP) is 1.75. The number of Topliss-reactive ketones (excluding diaryl/α,β-unsaturated/α-hetero) is 1. The van der Waals surface area contributed by atoms with Crippen LogP contribution >= 0.6 is 0 Å². The van der Waals surface area contributed by atoms with Crippen LogP contribution in [0.15, 0.2) is 0 Å². The Morgan fingerprint density at radius 1 is 1.00 bits per heavy atom. The first-order valence-electron chi connectivity index (χ1n) is 7.23. The second-order valence-electron chi connectivity index (χ2n) is 6.31. The maximum Gasteiger partial charge on any atom is 0.136 e. The Hall–Kier alpha value is -0.410. The molecule has 0 aromatic carbocycles. The Labute approximate surface area is 102 Å². The molecule has 4 atom stereocenters. The van der Waals surface area contributed by atoms with Crippen LogP contribution in [0.1, 0.15) is 44.9 Å². The van der Waals surface area contributed by atoms with Gasteiger partial charge in [0.25, 0.3) is 0 Å². The molecule has 3 heterocycles. The SMILES string of the molecule is O=C1CC2CCC(C1)N2C1CCOC1C1CC1. The molecule has 4 unspecified atom stereocenters. The van der Waals surface area contributed by atoms with Gasteiger partial charge in [0.2, 0.25) is 0 Å². The Morgan fingerprint density at radius 2 is 1.71 bits per heavy atom. The Morgan fingerprint density at radius 3 is 2.35 bits per heavy atom. The zero-order valence-electron chi connectivity index (χ0n) is 10.3. The molecule has 3 aliphatic heterocycles. The zero-order valence-corrected chi connectivity index (χ0v) is 10.3. The number of piperidine rings is 1. The lowest BCUT2D eigenvalue weighted by atomic mass is 9.95. The Kier molecular flexibility index (Phi) is 2.34. The largest absolute Gasteiger partial charge is 0.376 e. The van der Waals surface area contributed by atoms with Gasteiger partial charge in [-0.15, -0.1) is 0 Å². The summed E-state index contributed by atoms with van der Waals surface area (Å²) in [4.78, 5) is 14.3. The number of carbonyl (C=O) groups excluding carboxylic acids is 1. The quantitative estimate of drug-likeness (QED) is 0.730. The lowest BCUT2D eigenvalue weighted by Crippen LogP contribution is -2.52. The lowest BCUT2D eigenvalue weighted by molar-refractivity contribution is -0.125. The van der Waals surface area contributed by atoms with Crippen LogP contribution in [0.25, 0.3) is 0 Å². The summed E-state index contributed by atoms with van der Waals surface area (Å²) in [5.41, 5.74) is 0. The van der Waals surface area contributed by atoms with E-state index in [0.29, 0.717) is 30.0 Å². The fourth-order valence-electron chi connectivity index (χ4n) is 4.34. The highest BCUT2D eigenvalue weighted by atomic mass is 16.5. The minimum absolute atomic E-state index is 0.492. The molecule has 1 saturated carbocycles. The standard InChI is InChI=1S/C14H21NO2/c16-12-7-10-3-4-11(8-12)15(10)13-5-6-17-14(13)9-1-2-9/h9-11,13-14H,1-8H2. The van der Waals surface area contributed by atoms with E-state index < -0.39 is 0 Å². The number of ketones is 1. The van der Waals surface area contributed by atoms with E-state index >= 15 is 0 Å². The Balaban J connectivity index is 1.56. The van der Waals surface area contributed by atoms with Gasteiger partial charge in [-0.25, -0.2) is 0 Å². The maximum absolute atomic E-state index is 11.7. The third kappa shape index (κ3) is 1.66. The highest BCUT2D eigenvalue weighted by molar-refractivity contribution is 5.81. The van der Waals surface area contributed by atoms with Gasteiger partial charge in [-0.05, 0) is 38.0 Å². The van der Waals surface area contributed by atoms with Crippen LogP contribution < -0.4 is 0 Å². The number of carbonyl (C=O) groups is 1. The number of hydrogen-bond acceptors (Lipinski definition) is 3. The van der Waals surface area contributed by atoms with Crippen LogP contribution in [-0.2, 0) is 9.53 Å². The van der Waals surface area contributed by atoms with Crippen LogP contribution in [0.3, 0.4) is 0 Å². The first kappa shape index (κ1) is 10.5. The molecule has 0 amide bonds. The zero-order chi connectivity index (χ0) is 11.4. The Bertz CT molecular complexity index is 323. The van der Waals surface area contributed by atoms with E-state index in [4.69, 9.17) is 4.74 Å². The number of fused-ring (bicyclic) bond motifs is 2. The third-order valence-electron chi connectivity index (χ3n) is 5.18. The first-order valence-corrected chi connectivity index (χ1v) is 7.23. The van der Waals surface area contributed by atoms with Crippen molar-refractivity contribution in [2.75, 3.05) is 6.61 Å². The molecule has 0 aromatic rings. The van der Waals surface area contributed by atoms with Gasteiger partial charge in [0, 0.05) is 37.6 Å². The summed E-state index contributed by atoms with van der Waals surface area (Å²) in [5, 5.41) is 0. The van der Waals surface area contributed by atoms with Gasteiger partial charge in [-0.1, -0.05) is 0 Å². The third-order valence-corrected chi connectivity index (χ3v) is 5.18. The topological polar surface area (TPSA) is 29.5 Å². The fourth-order valence-corrected chi connectivity index (χ4v) is 4.34. The molecule has 4 fully saturated rings. The summed E-state index contributed by atoms with van der Waals surface area (Å²) in [5.74, 6) is 1.33. The minimum atomic E-state index is 0.492. The van der Waals surface area contributed by atoms with E-state index in [-0.39, 0.29) is 0 Å². The summed E-state index contributed by atoms with van der Waals surface area (Å²) in [6.45, 7) is 0.940. The fraction of sp³-hybridized carbons (Fsp3) is 0.929. The molecular formula is C14H21NO2. The molecule has 0 spiro atoms. The van der Waals surface area contributed by atoms with Crippen molar-refractivity contribution in [2.24, 2.45) is 5.92 Å². The van der Waals surface area contributed by atoms with Crippen LogP contribution in [0.5, 0.6) is 0 Å². The molecule has 3 saturated heterocycles. The monoisotopic (exact) mass is 235 g/mol. The van der Waals surface area contributed by atoms with E-state index in [1.165, 1.54) is 32.1 Å². The van der Waals surface area contributed by atoms with Gasteiger partial charge >= 0.3 is 0 Å². The average Bonchev–Trinajstić information content (AvgIpc) is 2.98. The average molecular weight is 235 g/mol. The molecule has 17 heavy (non-hydrogen) atoms. The van der Waals surface area contributed by atoms with Crippen molar-refractivity contribution < 1.29 is 9.53 Å². The molecule has 1 aliphatic carbocycles. The van der Waals surface area contributed by atoms with Crippen molar-refractivity contribution in [1.29, 1.82) is 0 Å². The number of hydrogen-bond donors (Lipinski definition) is 0. The highest BCUT2D eigenvalue weighted by Gasteiger charge is 2.50. The second-order valence-corrected chi connectivity index (χ2v) is 6.31. The molecule has 4 rings (SSSR count). The van der Waals surface area contributed by atoms with Crippen LogP contribution in [-0.4, -0.2) is 41.5 Å². The van der Waals surface area contributed by atoms with E-state index in [1.54, 1.807) is 0 Å². The van der Waals surface area contributed by atoms with Gasteiger partial charge in [0.1, 0.15) is 5.78 Å². The molecule has 0 N–H and O–H groups in total. The van der Waals surface area contributed by atoms with Crippen molar-refractivity contribution in [3.63, 3.8) is 0 Å². The van der Waals surface area contributed by atoms with Gasteiger partial charge in [0.05, 0.1) is 6.10 Å². The van der Waals surface area contributed by atoms with Crippen molar-refractivity contribution in [3.8, 4) is 0 Å². The van der Waals surface area contributed by atoms with Crippen molar-refractivity contribution in [2.45, 2.75) is 69.2 Å². The number of rotatable bonds is 2. The summed E-state index contributed by atoms with van der Waals surface area (Å²) in [6, 6.07) is 1.73. The molecule has 2 bridgehead atoms. The van der Waals surface area contributed by atoms with Crippen molar-refractivity contribution in [3.05, 3.63) is 0 Å². The molecular weight excluding hydrogens is 214 g/mol. The molecule has 94 valence electrons. The molecule has 3 nitrogen and oxygen atoms in total. The first-order chi connectivity index (χ1) is 8.33. The second kappa shape index (κ2) is 3.79. The summed E-state index contributed by atoms with van der Waals surface area (Å²) in [6.07, 6.45) is 8.52. The van der Waals surface area contributed by atoms with Crippen LogP contribution in [0, 0.1) is 5.92 Å². The molecule has 0 radical (unpaired) electrons. The van der Waals surface area contributed by atoms with Gasteiger partial charge in [-0.3, -0.25) is 9.69 Å². The smallest absolute Gasteiger partial charge is 0.136 e. The summed E-state index contributed by atoms with van der Waals surface area (Å²) >= 11 is 0. The van der Waals surface area contributed by atoms with Crippen LogP contribution in [0.2, 0.25) is 0 Å². The molecule has 0 aromatic heterocycles. The number of nitrogens with zero attached hydrogens (tertiary/aromatic N) is 1. The summed E-state index contributed by atoms with van der Waals surface area (Å²) < 4.78 is 5.97.